The number of hydrogen-bond donors (Lipinski definition) is 1. The van der Waals surface area contributed by atoms with Crippen LogP contribution in [0.25, 0.3) is 0 Å². The van der Waals surface area contributed by atoms with E-state index in [2.05, 4.69) is 20.2 Å². The molecular formula is C20H26N4O3. The molecule has 1 spiro atoms. The molecule has 2 aliphatic rings. The molecule has 0 atom stereocenters. The molecule has 0 saturated carbocycles. The van der Waals surface area contributed by atoms with Crippen molar-refractivity contribution in [2.24, 2.45) is 0 Å². The quantitative estimate of drug-likeness (QED) is 0.865. The van der Waals surface area contributed by atoms with Crippen LogP contribution in [-0.4, -0.2) is 48.2 Å². The fourth-order valence-electron chi connectivity index (χ4n) is 3.47. The second-order valence-corrected chi connectivity index (χ2v) is 7.15. The molecular weight excluding hydrogens is 344 g/mol. The van der Waals surface area contributed by atoms with Gasteiger partial charge < -0.3 is 24.4 Å². The molecule has 1 N–H and O–H groups in total. The van der Waals surface area contributed by atoms with Crippen LogP contribution in [0.2, 0.25) is 0 Å². The van der Waals surface area contributed by atoms with Crippen molar-refractivity contribution in [3.63, 3.8) is 0 Å². The molecule has 0 aliphatic carbocycles. The van der Waals surface area contributed by atoms with Gasteiger partial charge in [-0.05, 0) is 44.2 Å². The van der Waals surface area contributed by atoms with Crippen LogP contribution in [0.15, 0.2) is 36.5 Å². The van der Waals surface area contributed by atoms with Crippen molar-refractivity contribution >= 4 is 17.5 Å². The number of anilines is 3. The summed E-state index contributed by atoms with van der Waals surface area (Å²) in [4.78, 5) is 11.3. The third-order valence-electron chi connectivity index (χ3n) is 4.79. The van der Waals surface area contributed by atoms with Gasteiger partial charge in [-0.25, -0.2) is 4.98 Å². The summed E-state index contributed by atoms with van der Waals surface area (Å²) in [5.74, 6) is 1.98. The van der Waals surface area contributed by atoms with E-state index in [0.717, 1.165) is 43.2 Å². The Hall–Kier alpha value is -2.38. The Morgan fingerprint density at radius 3 is 2.44 bits per heavy atom. The highest BCUT2D eigenvalue weighted by Gasteiger charge is 2.40. The van der Waals surface area contributed by atoms with Crippen molar-refractivity contribution in [3.05, 3.63) is 36.5 Å². The van der Waals surface area contributed by atoms with E-state index in [-0.39, 0.29) is 11.9 Å². The maximum absolute atomic E-state index is 5.80. The minimum Gasteiger partial charge on any atom is -0.491 e. The van der Waals surface area contributed by atoms with Crippen LogP contribution in [0, 0.1) is 0 Å². The van der Waals surface area contributed by atoms with Crippen LogP contribution < -0.4 is 15.0 Å². The maximum Gasteiger partial charge on any atom is 0.229 e. The highest BCUT2D eigenvalue weighted by Crippen LogP contribution is 2.32. The van der Waals surface area contributed by atoms with Gasteiger partial charge in [0, 0.05) is 37.8 Å². The Morgan fingerprint density at radius 1 is 1.07 bits per heavy atom. The number of benzene rings is 1. The van der Waals surface area contributed by atoms with E-state index in [9.17, 15) is 0 Å². The molecule has 1 aromatic heterocycles. The Morgan fingerprint density at radius 2 is 1.78 bits per heavy atom. The van der Waals surface area contributed by atoms with Crippen LogP contribution in [-0.2, 0) is 9.47 Å². The predicted octanol–water partition coefficient (Wildman–Crippen LogP) is 3.35. The lowest BCUT2D eigenvalue weighted by Crippen LogP contribution is -2.45. The summed E-state index contributed by atoms with van der Waals surface area (Å²) in [6, 6.07) is 9.76. The normalized spacial score (nSPS) is 18.9. The van der Waals surface area contributed by atoms with Gasteiger partial charge in [-0.2, -0.15) is 4.98 Å². The van der Waals surface area contributed by atoms with Crippen molar-refractivity contribution in [3.8, 4) is 5.75 Å². The number of rotatable bonds is 5. The number of nitrogens with one attached hydrogen (secondary N) is 1. The largest absolute Gasteiger partial charge is 0.491 e. The Bertz CT molecular complexity index is 750. The van der Waals surface area contributed by atoms with Crippen LogP contribution in [0.4, 0.5) is 17.5 Å². The first-order valence-corrected chi connectivity index (χ1v) is 9.52. The number of aromatic nitrogens is 2. The van der Waals surface area contributed by atoms with Crippen molar-refractivity contribution in [2.75, 3.05) is 36.5 Å². The van der Waals surface area contributed by atoms with Crippen LogP contribution >= 0.6 is 0 Å². The van der Waals surface area contributed by atoms with Crippen molar-refractivity contribution in [1.82, 2.24) is 9.97 Å². The predicted molar refractivity (Wildman–Crippen MR) is 104 cm³/mol. The molecule has 0 unspecified atom stereocenters. The number of nitrogens with zero attached hydrogens (tertiary/aromatic N) is 3. The van der Waals surface area contributed by atoms with Gasteiger partial charge in [-0.15, -0.1) is 0 Å². The van der Waals surface area contributed by atoms with Crippen molar-refractivity contribution < 1.29 is 14.2 Å². The third-order valence-corrected chi connectivity index (χ3v) is 4.79. The Balaban J connectivity index is 1.39. The molecule has 0 amide bonds. The monoisotopic (exact) mass is 370 g/mol. The van der Waals surface area contributed by atoms with Gasteiger partial charge in [0.25, 0.3) is 0 Å². The van der Waals surface area contributed by atoms with Gasteiger partial charge >= 0.3 is 0 Å². The molecule has 0 radical (unpaired) electrons. The molecule has 2 fully saturated rings. The molecule has 7 nitrogen and oxygen atoms in total. The van der Waals surface area contributed by atoms with E-state index in [1.807, 2.05) is 44.2 Å². The van der Waals surface area contributed by atoms with Gasteiger partial charge in [-0.3, -0.25) is 0 Å². The molecule has 1 aromatic carbocycles. The minimum absolute atomic E-state index is 0.160. The zero-order valence-electron chi connectivity index (χ0n) is 15.9. The zero-order valence-corrected chi connectivity index (χ0v) is 15.9. The summed E-state index contributed by atoms with van der Waals surface area (Å²) < 4.78 is 17.3. The SMILES string of the molecule is CC(C)Oc1ccc(Nc2nccc(N3CCC4(CC3)OCCO4)n2)cc1. The fourth-order valence-corrected chi connectivity index (χ4v) is 3.47. The van der Waals surface area contributed by atoms with E-state index in [1.165, 1.54) is 0 Å². The molecule has 2 aromatic rings. The first kappa shape index (κ1) is 18.0. The van der Waals surface area contributed by atoms with Gasteiger partial charge in [0.1, 0.15) is 11.6 Å². The van der Waals surface area contributed by atoms with E-state index >= 15 is 0 Å². The Labute approximate surface area is 159 Å². The summed E-state index contributed by atoms with van der Waals surface area (Å²) in [7, 11) is 0. The fraction of sp³-hybridized carbons (Fsp3) is 0.500. The minimum atomic E-state index is -0.371. The number of piperidine rings is 1. The molecule has 4 rings (SSSR count). The van der Waals surface area contributed by atoms with E-state index < -0.39 is 0 Å². The molecule has 3 heterocycles. The second kappa shape index (κ2) is 7.70. The smallest absolute Gasteiger partial charge is 0.229 e. The molecule has 0 bridgehead atoms. The van der Waals surface area contributed by atoms with Crippen molar-refractivity contribution in [2.45, 2.75) is 38.6 Å². The van der Waals surface area contributed by atoms with E-state index in [1.54, 1.807) is 6.20 Å². The summed E-state index contributed by atoms with van der Waals surface area (Å²) in [5, 5.41) is 3.26. The topological polar surface area (TPSA) is 68.7 Å². The molecule has 2 saturated heterocycles. The summed E-state index contributed by atoms with van der Waals surface area (Å²) >= 11 is 0. The van der Waals surface area contributed by atoms with Crippen LogP contribution in [0.1, 0.15) is 26.7 Å². The Kier molecular flexibility index (Phi) is 5.13. The zero-order chi connectivity index (χ0) is 18.7. The summed E-state index contributed by atoms with van der Waals surface area (Å²) in [5.41, 5.74) is 0.925. The lowest BCUT2D eigenvalue weighted by Gasteiger charge is -2.38. The molecule has 27 heavy (non-hydrogen) atoms. The van der Waals surface area contributed by atoms with E-state index in [0.29, 0.717) is 19.2 Å². The number of ether oxygens (including phenoxy) is 3. The van der Waals surface area contributed by atoms with Gasteiger partial charge in [0.05, 0.1) is 19.3 Å². The molecule has 7 heteroatoms. The summed E-state index contributed by atoms with van der Waals surface area (Å²) in [6.07, 6.45) is 3.66. The average molecular weight is 370 g/mol. The maximum atomic E-state index is 5.80. The van der Waals surface area contributed by atoms with Crippen LogP contribution in [0.5, 0.6) is 5.75 Å². The lowest BCUT2D eigenvalue weighted by atomic mass is 10.0. The van der Waals surface area contributed by atoms with Gasteiger partial charge in [0.2, 0.25) is 5.95 Å². The molecule has 144 valence electrons. The van der Waals surface area contributed by atoms with Gasteiger partial charge in [0.15, 0.2) is 5.79 Å². The first-order valence-electron chi connectivity index (χ1n) is 9.52. The van der Waals surface area contributed by atoms with Crippen molar-refractivity contribution in [1.29, 1.82) is 0 Å². The van der Waals surface area contributed by atoms with Gasteiger partial charge in [-0.1, -0.05) is 0 Å². The summed E-state index contributed by atoms with van der Waals surface area (Å²) in [6.45, 7) is 7.14. The average Bonchev–Trinajstić information content (AvgIpc) is 3.12. The first-order chi connectivity index (χ1) is 13.1. The van der Waals surface area contributed by atoms with Crippen LogP contribution in [0.3, 0.4) is 0 Å². The lowest BCUT2D eigenvalue weighted by molar-refractivity contribution is -0.169. The number of hydrogen-bond acceptors (Lipinski definition) is 7. The van der Waals surface area contributed by atoms with E-state index in [4.69, 9.17) is 14.2 Å². The highest BCUT2D eigenvalue weighted by atomic mass is 16.7. The highest BCUT2D eigenvalue weighted by molar-refractivity contribution is 5.56. The third kappa shape index (κ3) is 4.31. The standard InChI is InChI=1S/C20H26N4O3/c1-15(2)27-17-5-3-16(4-6-17)22-19-21-10-7-18(23-19)24-11-8-20(9-12-24)25-13-14-26-20/h3-7,10,15H,8-9,11-14H2,1-2H3,(H,21,22,23). The molecule has 2 aliphatic heterocycles. The second-order valence-electron chi connectivity index (χ2n) is 7.15.